The maximum atomic E-state index is 13.3. The number of nitrogen functional groups attached to an aromatic ring is 2. The van der Waals surface area contributed by atoms with Crippen LogP contribution in [0.5, 0.6) is 23.3 Å². The summed E-state index contributed by atoms with van der Waals surface area (Å²) < 4.78 is 11.8. The van der Waals surface area contributed by atoms with Crippen LogP contribution in [0.25, 0.3) is 0 Å². The van der Waals surface area contributed by atoms with Gasteiger partial charge in [0.15, 0.2) is 0 Å². The predicted molar refractivity (Wildman–Crippen MR) is 155 cm³/mol. The lowest BCUT2D eigenvalue weighted by Crippen LogP contribution is -2.46. The molecule has 1 fully saturated rings. The van der Waals surface area contributed by atoms with Crippen molar-refractivity contribution in [2.75, 3.05) is 19.6 Å². The monoisotopic (exact) mass is 558 g/mol. The number of nitrogens with two attached hydrogens (primary N) is 3. The van der Waals surface area contributed by atoms with Gasteiger partial charge in [0.1, 0.15) is 23.2 Å². The standard InChI is InChI=1S/C29H34N8O4/c30-13-1-2-26(38)37-14-11-21(12-15-37)35-29(39)20-16-24(40-22-7-3-18(4-8-22)27(31)32)36-25(17-20)41-23-9-5-19(6-10-23)28(33)34/h3-10,16-17,21H,1-2,11-15,30H2,(H3,31,32)(H3,33,34)(H,35,39). The zero-order chi connectivity index (χ0) is 29.4. The van der Waals surface area contributed by atoms with Crippen LogP contribution >= 0.6 is 0 Å². The largest absolute Gasteiger partial charge is 0.439 e. The van der Waals surface area contributed by atoms with Crippen LogP contribution in [0.15, 0.2) is 60.7 Å². The summed E-state index contributed by atoms with van der Waals surface area (Å²) in [6.07, 6.45) is 2.38. The fourth-order valence-electron chi connectivity index (χ4n) is 4.32. The number of rotatable bonds is 11. The molecule has 2 heterocycles. The van der Waals surface area contributed by atoms with Crippen LogP contribution in [0.2, 0.25) is 0 Å². The highest BCUT2D eigenvalue weighted by atomic mass is 16.5. The highest BCUT2D eigenvalue weighted by Crippen LogP contribution is 2.28. The molecule has 0 radical (unpaired) electrons. The van der Waals surface area contributed by atoms with Crippen molar-refractivity contribution in [1.82, 2.24) is 15.2 Å². The van der Waals surface area contributed by atoms with Crippen molar-refractivity contribution in [3.63, 3.8) is 0 Å². The Labute approximate surface area is 237 Å². The second kappa shape index (κ2) is 13.4. The van der Waals surface area contributed by atoms with E-state index in [4.69, 9.17) is 37.5 Å². The van der Waals surface area contributed by atoms with E-state index in [9.17, 15) is 9.59 Å². The molecule has 12 heteroatoms. The molecule has 1 aliphatic heterocycles. The van der Waals surface area contributed by atoms with E-state index in [0.717, 1.165) is 0 Å². The Kier molecular flexibility index (Phi) is 9.48. The Balaban J connectivity index is 1.50. The Bertz CT molecular complexity index is 1320. The van der Waals surface area contributed by atoms with Crippen molar-refractivity contribution in [2.45, 2.75) is 31.7 Å². The minimum atomic E-state index is -0.325. The Morgan fingerprint density at radius 1 is 0.854 bits per heavy atom. The lowest BCUT2D eigenvalue weighted by atomic mass is 10.0. The second-order valence-corrected chi connectivity index (χ2v) is 9.63. The highest BCUT2D eigenvalue weighted by molar-refractivity contribution is 5.96. The van der Waals surface area contributed by atoms with Crippen LogP contribution in [0.3, 0.4) is 0 Å². The number of ether oxygens (including phenoxy) is 2. The molecule has 0 spiro atoms. The first kappa shape index (κ1) is 29.0. The van der Waals surface area contributed by atoms with Crippen molar-refractivity contribution in [3.05, 3.63) is 77.4 Å². The number of piperidine rings is 1. The molecule has 2 amide bonds. The molecule has 2 aromatic carbocycles. The zero-order valence-corrected chi connectivity index (χ0v) is 22.6. The van der Waals surface area contributed by atoms with Gasteiger partial charge in [-0.2, -0.15) is 4.98 Å². The number of likely N-dealkylation sites (tertiary alicyclic amines) is 1. The Hall–Kier alpha value is -4.97. The summed E-state index contributed by atoms with van der Waals surface area (Å²) in [5.41, 5.74) is 18.0. The molecule has 0 bridgehead atoms. The molecule has 0 atom stereocenters. The van der Waals surface area contributed by atoms with Crippen LogP contribution in [0.1, 0.15) is 47.2 Å². The summed E-state index contributed by atoms with van der Waals surface area (Å²) in [6, 6.07) is 16.1. The van der Waals surface area contributed by atoms with Crippen LogP contribution in [0.4, 0.5) is 0 Å². The molecule has 1 aromatic heterocycles. The number of nitrogens with zero attached hydrogens (tertiary/aromatic N) is 2. The van der Waals surface area contributed by atoms with Gasteiger partial charge in [0.25, 0.3) is 5.91 Å². The van der Waals surface area contributed by atoms with Crippen molar-refractivity contribution in [2.24, 2.45) is 17.2 Å². The van der Waals surface area contributed by atoms with E-state index in [2.05, 4.69) is 10.3 Å². The number of carbonyl (C=O) groups is 2. The second-order valence-electron chi connectivity index (χ2n) is 9.63. The third-order valence-corrected chi connectivity index (χ3v) is 6.59. The van der Waals surface area contributed by atoms with E-state index in [0.29, 0.717) is 67.9 Å². The molecule has 9 N–H and O–H groups in total. The number of aromatic nitrogens is 1. The van der Waals surface area contributed by atoms with Gasteiger partial charge in [-0.05, 0) is 74.3 Å². The number of amides is 2. The minimum absolute atomic E-state index is 0.0643. The molecule has 4 rings (SSSR count). The van der Waals surface area contributed by atoms with Gasteiger partial charge in [-0.25, -0.2) is 0 Å². The molecular formula is C29H34N8O4. The van der Waals surface area contributed by atoms with Crippen LogP contribution < -0.4 is 32.0 Å². The average Bonchev–Trinajstić information content (AvgIpc) is 2.96. The molecule has 41 heavy (non-hydrogen) atoms. The summed E-state index contributed by atoms with van der Waals surface area (Å²) in [4.78, 5) is 31.8. The summed E-state index contributed by atoms with van der Waals surface area (Å²) in [5, 5.41) is 18.2. The van der Waals surface area contributed by atoms with Gasteiger partial charge in [0.05, 0.1) is 5.56 Å². The molecule has 3 aromatic rings. The number of pyridine rings is 1. The molecule has 0 aliphatic carbocycles. The smallest absolute Gasteiger partial charge is 0.251 e. The quantitative estimate of drug-likeness (QED) is 0.152. The molecular weight excluding hydrogens is 524 g/mol. The third-order valence-electron chi connectivity index (χ3n) is 6.59. The maximum absolute atomic E-state index is 13.3. The Morgan fingerprint density at radius 3 is 1.78 bits per heavy atom. The van der Waals surface area contributed by atoms with E-state index in [1.807, 2.05) is 4.90 Å². The fraction of sp³-hybridized carbons (Fsp3) is 0.276. The van der Waals surface area contributed by atoms with Crippen molar-refractivity contribution in [1.29, 1.82) is 10.8 Å². The normalized spacial score (nSPS) is 13.3. The van der Waals surface area contributed by atoms with E-state index >= 15 is 0 Å². The van der Waals surface area contributed by atoms with Gasteiger partial charge in [0.2, 0.25) is 17.7 Å². The Morgan fingerprint density at radius 2 is 1.34 bits per heavy atom. The maximum Gasteiger partial charge on any atom is 0.251 e. The van der Waals surface area contributed by atoms with Gasteiger partial charge in [-0.1, -0.05) is 0 Å². The van der Waals surface area contributed by atoms with Gasteiger partial charge in [0, 0.05) is 48.8 Å². The topological polar surface area (TPSA) is 207 Å². The first-order valence-electron chi connectivity index (χ1n) is 13.3. The molecule has 1 saturated heterocycles. The molecule has 214 valence electrons. The molecule has 12 nitrogen and oxygen atoms in total. The molecule has 0 saturated carbocycles. The van der Waals surface area contributed by atoms with Gasteiger partial charge in [-0.3, -0.25) is 20.4 Å². The van der Waals surface area contributed by atoms with E-state index < -0.39 is 0 Å². The minimum Gasteiger partial charge on any atom is -0.439 e. The molecule has 1 aliphatic rings. The van der Waals surface area contributed by atoms with Crippen molar-refractivity contribution >= 4 is 23.5 Å². The predicted octanol–water partition coefficient (Wildman–Crippen LogP) is 2.69. The third kappa shape index (κ3) is 8.02. The van der Waals surface area contributed by atoms with Crippen LogP contribution in [-0.2, 0) is 4.79 Å². The SMILES string of the molecule is N=C(N)c1ccc(Oc2cc(C(=O)NC3CCN(C(=O)CCCN)CC3)cc(Oc3ccc(C(=N)N)cc3)n2)cc1. The number of benzene rings is 2. The first-order chi connectivity index (χ1) is 19.7. The number of nitrogens with one attached hydrogen (secondary N) is 3. The number of carbonyl (C=O) groups excluding carboxylic acids is 2. The summed E-state index contributed by atoms with van der Waals surface area (Å²) in [5.74, 6) is 0.760. The van der Waals surface area contributed by atoms with E-state index in [-0.39, 0.29) is 46.9 Å². The van der Waals surface area contributed by atoms with Crippen LogP contribution in [0, 0.1) is 10.8 Å². The van der Waals surface area contributed by atoms with E-state index in [1.165, 1.54) is 12.1 Å². The number of hydrogen-bond acceptors (Lipinski definition) is 8. The van der Waals surface area contributed by atoms with Crippen molar-refractivity contribution < 1.29 is 19.1 Å². The summed E-state index contributed by atoms with van der Waals surface area (Å²) >= 11 is 0. The lowest BCUT2D eigenvalue weighted by Gasteiger charge is -2.32. The first-order valence-corrected chi connectivity index (χ1v) is 13.3. The van der Waals surface area contributed by atoms with Gasteiger partial charge < -0.3 is 36.9 Å². The summed E-state index contributed by atoms with van der Waals surface area (Å²) in [6.45, 7) is 1.62. The van der Waals surface area contributed by atoms with Gasteiger partial charge in [-0.15, -0.1) is 0 Å². The summed E-state index contributed by atoms with van der Waals surface area (Å²) in [7, 11) is 0. The fourth-order valence-corrected chi connectivity index (χ4v) is 4.32. The lowest BCUT2D eigenvalue weighted by molar-refractivity contribution is -0.132. The van der Waals surface area contributed by atoms with E-state index in [1.54, 1.807) is 48.5 Å². The zero-order valence-electron chi connectivity index (χ0n) is 22.6. The molecule has 0 unspecified atom stereocenters. The van der Waals surface area contributed by atoms with Gasteiger partial charge >= 0.3 is 0 Å². The number of amidine groups is 2. The highest BCUT2D eigenvalue weighted by Gasteiger charge is 2.24. The van der Waals surface area contributed by atoms with Crippen LogP contribution in [-0.4, -0.2) is 59.0 Å². The average molecular weight is 559 g/mol. The number of hydrogen-bond donors (Lipinski definition) is 6. The van der Waals surface area contributed by atoms with Crippen molar-refractivity contribution in [3.8, 4) is 23.3 Å².